The zero-order chi connectivity index (χ0) is 17.0. The number of nitrogens with one attached hydrogen (secondary N) is 1. The molecule has 0 bridgehead atoms. The molecule has 0 saturated heterocycles. The van der Waals surface area contributed by atoms with Gasteiger partial charge in [0.15, 0.2) is 5.96 Å². The van der Waals surface area contributed by atoms with Crippen molar-refractivity contribution in [2.45, 2.75) is 0 Å². The lowest BCUT2D eigenvalue weighted by Crippen LogP contribution is -2.34. The van der Waals surface area contributed by atoms with Crippen LogP contribution >= 0.6 is 46.4 Å². The number of hydrogen-bond donors (Lipinski definition) is 2. The monoisotopic (exact) mass is 390 g/mol. The maximum absolute atomic E-state index is 6.15. The second-order valence-electron chi connectivity index (χ2n) is 4.63. The fraction of sp³-hybridized carbons (Fsp3) is 0.133. The SMILES string of the molecule is CN(C(N)=NCNc1cc(Cl)ccc1Cl)c1ccc(Cl)cc1Cl. The van der Waals surface area contributed by atoms with E-state index in [4.69, 9.17) is 52.1 Å². The first kappa shape index (κ1) is 18.0. The second kappa shape index (κ2) is 7.97. The summed E-state index contributed by atoms with van der Waals surface area (Å²) in [7, 11) is 1.76. The molecule has 0 saturated carbocycles. The third-order valence-electron chi connectivity index (χ3n) is 3.05. The van der Waals surface area contributed by atoms with Gasteiger partial charge in [-0.2, -0.15) is 0 Å². The van der Waals surface area contributed by atoms with Crippen LogP contribution in [0.15, 0.2) is 41.4 Å². The van der Waals surface area contributed by atoms with E-state index in [2.05, 4.69) is 10.3 Å². The highest BCUT2D eigenvalue weighted by atomic mass is 35.5. The largest absolute Gasteiger partial charge is 0.369 e. The number of nitrogens with two attached hydrogens (primary N) is 1. The first-order chi connectivity index (χ1) is 10.9. The first-order valence-electron chi connectivity index (χ1n) is 6.56. The van der Waals surface area contributed by atoms with Crippen molar-refractivity contribution in [3.8, 4) is 0 Å². The molecule has 0 aliphatic rings. The molecule has 0 aromatic heterocycles. The van der Waals surface area contributed by atoms with Crippen LogP contribution in [0.25, 0.3) is 0 Å². The third kappa shape index (κ3) is 4.82. The van der Waals surface area contributed by atoms with Gasteiger partial charge in [-0.15, -0.1) is 0 Å². The molecular formula is C15H14Cl4N4. The minimum absolute atomic E-state index is 0.238. The van der Waals surface area contributed by atoms with Crippen molar-refractivity contribution in [2.24, 2.45) is 10.7 Å². The Labute approximate surface area is 154 Å². The number of halogens is 4. The number of aliphatic imine (C=N–C) groups is 1. The molecular weight excluding hydrogens is 378 g/mol. The maximum atomic E-state index is 6.15. The van der Waals surface area contributed by atoms with Crippen molar-refractivity contribution < 1.29 is 0 Å². The van der Waals surface area contributed by atoms with E-state index in [0.29, 0.717) is 37.4 Å². The second-order valence-corrected chi connectivity index (χ2v) is 6.32. The Hall–Kier alpha value is -1.33. The lowest BCUT2D eigenvalue weighted by Gasteiger charge is -2.19. The Morgan fingerprint density at radius 2 is 1.70 bits per heavy atom. The number of guanidine groups is 1. The number of anilines is 2. The van der Waals surface area contributed by atoms with E-state index in [1.165, 1.54) is 0 Å². The van der Waals surface area contributed by atoms with Crippen molar-refractivity contribution >= 4 is 63.7 Å². The number of rotatable bonds is 4. The highest BCUT2D eigenvalue weighted by molar-refractivity contribution is 6.37. The molecule has 8 heteroatoms. The quantitative estimate of drug-likeness (QED) is 0.561. The van der Waals surface area contributed by atoms with Crippen molar-refractivity contribution in [1.29, 1.82) is 0 Å². The van der Waals surface area contributed by atoms with Crippen molar-refractivity contribution in [2.75, 3.05) is 23.9 Å². The summed E-state index contributed by atoms with van der Waals surface area (Å²) >= 11 is 24.0. The predicted molar refractivity (Wildman–Crippen MR) is 101 cm³/mol. The predicted octanol–water partition coefficient (Wildman–Crippen LogP) is 5.12. The molecule has 0 fully saturated rings. The molecule has 122 valence electrons. The van der Waals surface area contributed by atoms with E-state index in [0.717, 1.165) is 0 Å². The van der Waals surface area contributed by atoms with Gasteiger partial charge in [0, 0.05) is 17.1 Å². The topological polar surface area (TPSA) is 53.6 Å². The standard InChI is InChI=1S/C15H14Cl4N4/c1-23(14-5-3-9(16)6-12(14)19)15(20)22-8-21-13-7-10(17)2-4-11(13)18/h2-7,21H,8H2,1H3,(H2,20,22). The molecule has 0 spiro atoms. The smallest absolute Gasteiger partial charge is 0.197 e. The van der Waals surface area contributed by atoms with E-state index >= 15 is 0 Å². The summed E-state index contributed by atoms with van der Waals surface area (Å²) in [6.45, 7) is 0.238. The highest BCUT2D eigenvalue weighted by Crippen LogP contribution is 2.28. The van der Waals surface area contributed by atoms with Crippen LogP contribution in [0.3, 0.4) is 0 Å². The minimum atomic E-state index is 0.238. The average Bonchev–Trinajstić information content (AvgIpc) is 2.50. The van der Waals surface area contributed by atoms with Gasteiger partial charge in [-0.05, 0) is 36.4 Å². The first-order valence-corrected chi connectivity index (χ1v) is 8.07. The Morgan fingerprint density at radius 3 is 2.39 bits per heavy atom. The molecule has 0 unspecified atom stereocenters. The van der Waals surface area contributed by atoms with Gasteiger partial charge in [0.05, 0.1) is 21.4 Å². The van der Waals surface area contributed by atoms with Gasteiger partial charge in [-0.25, -0.2) is 4.99 Å². The van der Waals surface area contributed by atoms with Crippen LogP contribution in [0, 0.1) is 0 Å². The fourth-order valence-electron chi connectivity index (χ4n) is 1.82. The normalized spacial score (nSPS) is 11.4. The Morgan fingerprint density at radius 1 is 1.04 bits per heavy atom. The number of nitrogens with zero attached hydrogens (tertiary/aromatic N) is 2. The highest BCUT2D eigenvalue weighted by Gasteiger charge is 2.09. The summed E-state index contributed by atoms with van der Waals surface area (Å²) < 4.78 is 0. The van der Waals surface area contributed by atoms with Gasteiger partial charge in [-0.1, -0.05) is 46.4 Å². The van der Waals surface area contributed by atoms with E-state index in [-0.39, 0.29) is 6.67 Å². The van der Waals surface area contributed by atoms with Crippen LogP contribution in [0.1, 0.15) is 0 Å². The van der Waals surface area contributed by atoms with Gasteiger partial charge in [0.25, 0.3) is 0 Å². The van der Waals surface area contributed by atoms with Gasteiger partial charge in [0.1, 0.15) is 6.67 Å². The lowest BCUT2D eigenvalue weighted by atomic mass is 10.3. The summed E-state index contributed by atoms with van der Waals surface area (Å²) in [4.78, 5) is 5.91. The molecule has 0 aliphatic carbocycles. The molecule has 3 N–H and O–H groups in total. The lowest BCUT2D eigenvalue weighted by molar-refractivity contribution is 1.09. The molecule has 23 heavy (non-hydrogen) atoms. The molecule has 2 aromatic rings. The average molecular weight is 392 g/mol. The van der Waals surface area contributed by atoms with Crippen LogP contribution in [-0.2, 0) is 0 Å². The molecule has 2 rings (SSSR count). The molecule has 2 aromatic carbocycles. The molecule has 4 nitrogen and oxygen atoms in total. The van der Waals surface area contributed by atoms with Crippen LogP contribution in [0.2, 0.25) is 20.1 Å². The van der Waals surface area contributed by atoms with Gasteiger partial charge in [0.2, 0.25) is 0 Å². The van der Waals surface area contributed by atoms with Gasteiger partial charge >= 0.3 is 0 Å². The van der Waals surface area contributed by atoms with Crippen LogP contribution in [-0.4, -0.2) is 19.7 Å². The number of hydrogen-bond acceptors (Lipinski definition) is 2. The summed E-state index contributed by atoms with van der Waals surface area (Å²) in [5, 5.41) is 5.23. The van der Waals surface area contributed by atoms with Gasteiger partial charge in [-0.3, -0.25) is 0 Å². The zero-order valence-corrected chi connectivity index (χ0v) is 15.2. The molecule has 0 heterocycles. The third-order valence-corrected chi connectivity index (χ3v) is 4.16. The molecule has 0 aliphatic heterocycles. The number of benzene rings is 2. The van der Waals surface area contributed by atoms with E-state index in [9.17, 15) is 0 Å². The van der Waals surface area contributed by atoms with Crippen LogP contribution in [0.4, 0.5) is 11.4 Å². The molecule has 0 amide bonds. The Bertz CT molecular complexity index is 733. The fourth-order valence-corrected chi connectivity index (χ4v) is 2.71. The Kier molecular flexibility index (Phi) is 6.25. The summed E-state index contributed by atoms with van der Waals surface area (Å²) in [5.74, 6) is 0.292. The summed E-state index contributed by atoms with van der Waals surface area (Å²) in [5.41, 5.74) is 7.36. The van der Waals surface area contributed by atoms with E-state index in [1.807, 2.05) is 0 Å². The zero-order valence-electron chi connectivity index (χ0n) is 12.2. The summed E-state index contributed by atoms with van der Waals surface area (Å²) in [6, 6.07) is 10.3. The van der Waals surface area contributed by atoms with E-state index < -0.39 is 0 Å². The van der Waals surface area contributed by atoms with Crippen LogP contribution in [0.5, 0.6) is 0 Å². The van der Waals surface area contributed by atoms with Crippen molar-refractivity contribution in [3.63, 3.8) is 0 Å². The van der Waals surface area contributed by atoms with Crippen molar-refractivity contribution in [3.05, 3.63) is 56.5 Å². The van der Waals surface area contributed by atoms with E-state index in [1.54, 1.807) is 48.3 Å². The van der Waals surface area contributed by atoms with Crippen molar-refractivity contribution in [1.82, 2.24) is 0 Å². The summed E-state index contributed by atoms with van der Waals surface area (Å²) in [6.07, 6.45) is 0. The van der Waals surface area contributed by atoms with Gasteiger partial charge < -0.3 is 16.0 Å². The van der Waals surface area contributed by atoms with Crippen LogP contribution < -0.4 is 16.0 Å². The Balaban J connectivity index is 2.06. The maximum Gasteiger partial charge on any atom is 0.197 e. The molecule has 0 atom stereocenters. The minimum Gasteiger partial charge on any atom is -0.369 e. The molecule has 0 radical (unpaired) electrons.